The third-order valence-corrected chi connectivity index (χ3v) is 5.06. The van der Waals surface area contributed by atoms with Crippen molar-refractivity contribution in [2.24, 2.45) is 0 Å². The van der Waals surface area contributed by atoms with E-state index in [1.54, 1.807) is 24.2 Å². The van der Waals surface area contributed by atoms with Crippen molar-refractivity contribution in [1.82, 2.24) is 24.3 Å². The van der Waals surface area contributed by atoms with E-state index >= 15 is 0 Å². The van der Waals surface area contributed by atoms with Crippen LogP contribution in [-0.2, 0) is 17.1 Å². The lowest BCUT2D eigenvalue weighted by Crippen LogP contribution is -2.20. The molecule has 1 amide bonds. The van der Waals surface area contributed by atoms with Crippen LogP contribution in [0.15, 0.2) is 42.7 Å². The number of anilines is 1. The Labute approximate surface area is 167 Å². The van der Waals surface area contributed by atoms with Gasteiger partial charge >= 0.3 is 0 Å². The highest BCUT2D eigenvalue weighted by atomic mass is 32.2. The Balaban J connectivity index is 1.57. The number of carbonyl (C=O) groups is 1. The molecule has 0 aliphatic heterocycles. The van der Waals surface area contributed by atoms with Crippen LogP contribution in [0.25, 0.3) is 22.1 Å². The van der Waals surface area contributed by atoms with Crippen LogP contribution in [-0.4, -0.2) is 36.5 Å². The van der Waals surface area contributed by atoms with Crippen molar-refractivity contribution in [3.63, 3.8) is 0 Å². The second-order valence-corrected chi connectivity index (χ2v) is 7.77. The fourth-order valence-electron chi connectivity index (χ4n) is 3.27. The molecule has 0 saturated heterocycles. The van der Waals surface area contributed by atoms with E-state index < -0.39 is 0 Å². The summed E-state index contributed by atoms with van der Waals surface area (Å²) in [6.07, 6.45) is 5.48. The average molecular weight is 395 g/mol. The number of nitrogens with zero attached hydrogens (tertiary/aromatic N) is 5. The van der Waals surface area contributed by atoms with Gasteiger partial charge in [-0.05, 0) is 38.3 Å². The minimum absolute atomic E-state index is 0.108. The van der Waals surface area contributed by atoms with E-state index in [2.05, 4.69) is 34.2 Å². The number of rotatable bonds is 6. The maximum atomic E-state index is 12.7. The summed E-state index contributed by atoms with van der Waals surface area (Å²) >= 11 is 1.69. The zero-order chi connectivity index (χ0) is 19.7. The molecule has 144 valence electrons. The summed E-state index contributed by atoms with van der Waals surface area (Å²) in [5.74, 6) is 1.54. The largest absolute Gasteiger partial charge is 0.323 e. The molecule has 3 aromatic heterocycles. The number of hydrogen-bond donors (Lipinski definition) is 1. The molecule has 0 saturated carbocycles. The number of benzene rings is 1. The SMILES string of the molecule is CSCc1nc2ccccc2n1CC(=O)Nc1cnc2c(cnn2C(C)C)c1. The molecule has 4 aromatic rings. The highest BCUT2D eigenvalue weighted by molar-refractivity contribution is 7.97. The predicted octanol–water partition coefficient (Wildman–Crippen LogP) is 3.86. The standard InChI is InChI=1S/C20H22N6OS/c1-13(2)26-20-14(9-22-26)8-15(10-21-20)23-19(27)11-25-17-7-5-4-6-16(17)24-18(25)12-28-3/h4-10,13H,11-12H2,1-3H3,(H,23,27). The number of aromatic nitrogens is 5. The molecule has 0 spiro atoms. The van der Waals surface area contributed by atoms with Crippen molar-refractivity contribution in [2.75, 3.05) is 11.6 Å². The number of carbonyl (C=O) groups excluding carboxylic acids is 1. The van der Waals surface area contributed by atoms with Gasteiger partial charge in [0.25, 0.3) is 0 Å². The first kappa shape index (κ1) is 18.5. The lowest BCUT2D eigenvalue weighted by molar-refractivity contribution is -0.116. The second kappa shape index (κ2) is 7.63. The van der Waals surface area contributed by atoms with E-state index in [0.29, 0.717) is 5.69 Å². The van der Waals surface area contributed by atoms with E-state index in [1.165, 1.54) is 0 Å². The van der Waals surface area contributed by atoms with Crippen LogP contribution in [0.5, 0.6) is 0 Å². The number of thioether (sulfide) groups is 1. The predicted molar refractivity (Wildman–Crippen MR) is 113 cm³/mol. The van der Waals surface area contributed by atoms with Crippen molar-refractivity contribution >= 4 is 45.4 Å². The fraction of sp³-hybridized carbons (Fsp3) is 0.300. The van der Waals surface area contributed by atoms with Gasteiger partial charge in [0, 0.05) is 11.4 Å². The van der Waals surface area contributed by atoms with Crippen molar-refractivity contribution in [1.29, 1.82) is 0 Å². The molecule has 4 rings (SSSR count). The first-order valence-corrected chi connectivity index (χ1v) is 10.5. The lowest BCUT2D eigenvalue weighted by Gasteiger charge is -2.10. The van der Waals surface area contributed by atoms with Gasteiger partial charge in [-0.2, -0.15) is 16.9 Å². The monoisotopic (exact) mass is 394 g/mol. The van der Waals surface area contributed by atoms with E-state index in [1.807, 2.05) is 45.8 Å². The minimum Gasteiger partial charge on any atom is -0.323 e. The molecule has 0 aliphatic carbocycles. The summed E-state index contributed by atoms with van der Waals surface area (Å²) < 4.78 is 3.84. The molecule has 3 heterocycles. The molecular weight excluding hydrogens is 372 g/mol. The van der Waals surface area contributed by atoms with Gasteiger partial charge in [-0.3, -0.25) is 4.79 Å². The summed E-state index contributed by atoms with van der Waals surface area (Å²) in [5.41, 5.74) is 3.35. The normalized spacial score (nSPS) is 11.6. The summed E-state index contributed by atoms with van der Waals surface area (Å²) in [7, 11) is 0. The van der Waals surface area contributed by atoms with Gasteiger partial charge < -0.3 is 9.88 Å². The average Bonchev–Trinajstić information content (AvgIpc) is 3.24. The van der Waals surface area contributed by atoms with Crippen molar-refractivity contribution < 1.29 is 4.79 Å². The van der Waals surface area contributed by atoms with E-state index in [9.17, 15) is 4.79 Å². The van der Waals surface area contributed by atoms with Crippen LogP contribution in [0.2, 0.25) is 0 Å². The summed E-state index contributed by atoms with van der Waals surface area (Å²) in [5, 5.41) is 8.23. The Morgan fingerprint density at radius 2 is 2.07 bits per heavy atom. The molecule has 0 radical (unpaired) electrons. The van der Waals surface area contributed by atoms with Crippen molar-refractivity contribution in [3.8, 4) is 0 Å². The van der Waals surface area contributed by atoms with Crippen LogP contribution in [0, 0.1) is 0 Å². The zero-order valence-corrected chi connectivity index (χ0v) is 16.9. The smallest absolute Gasteiger partial charge is 0.244 e. The first-order valence-electron chi connectivity index (χ1n) is 9.13. The maximum Gasteiger partial charge on any atom is 0.244 e. The number of nitrogens with one attached hydrogen (secondary N) is 1. The minimum atomic E-state index is -0.108. The number of imidazole rings is 1. The Kier molecular flexibility index (Phi) is 5.04. The Morgan fingerprint density at radius 1 is 1.25 bits per heavy atom. The molecule has 0 bridgehead atoms. The Morgan fingerprint density at radius 3 is 2.86 bits per heavy atom. The first-order chi connectivity index (χ1) is 13.6. The summed E-state index contributed by atoms with van der Waals surface area (Å²) in [6.45, 7) is 4.33. The van der Waals surface area contributed by atoms with Gasteiger partial charge in [-0.15, -0.1) is 0 Å². The molecule has 0 fully saturated rings. The van der Waals surface area contributed by atoms with E-state index in [-0.39, 0.29) is 18.5 Å². The quantitative estimate of drug-likeness (QED) is 0.537. The molecule has 1 aromatic carbocycles. The van der Waals surface area contributed by atoms with E-state index in [0.717, 1.165) is 33.6 Å². The van der Waals surface area contributed by atoms with Gasteiger partial charge in [0.15, 0.2) is 5.65 Å². The van der Waals surface area contributed by atoms with Crippen LogP contribution >= 0.6 is 11.8 Å². The number of para-hydroxylation sites is 2. The van der Waals surface area contributed by atoms with Crippen LogP contribution in [0.4, 0.5) is 5.69 Å². The molecule has 28 heavy (non-hydrogen) atoms. The molecular formula is C20H22N6OS. The number of fused-ring (bicyclic) bond motifs is 2. The van der Waals surface area contributed by atoms with Crippen molar-refractivity contribution in [3.05, 3.63) is 48.5 Å². The van der Waals surface area contributed by atoms with Crippen LogP contribution in [0.1, 0.15) is 25.7 Å². The van der Waals surface area contributed by atoms with E-state index in [4.69, 9.17) is 0 Å². The maximum absolute atomic E-state index is 12.7. The summed E-state index contributed by atoms with van der Waals surface area (Å²) in [4.78, 5) is 21.8. The van der Waals surface area contributed by atoms with Gasteiger partial charge in [-0.25, -0.2) is 14.6 Å². The van der Waals surface area contributed by atoms with Gasteiger partial charge in [0.1, 0.15) is 12.4 Å². The number of hydrogen-bond acceptors (Lipinski definition) is 5. The van der Waals surface area contributed by atoms with Crippen molar-refractivity contribution in [2.45, 2.75) is 32.2 Å². The Bertz CT molecular complexity index is 1150. The summed E-state index contributed by atoms with van der Waals surface area (Å²) in [6, 6.07) is 10.0. The highest BCUT2D eigenvalue weighted by Crippen LogP contribution is 2.21. The molecule has 7 nitrogen and oxygen atoms in total. The number of amides is 1. The second-order valence-electron chi connectivity index (χ2n) is 6.90. The van der Waals surface area contributed by atoms with Gasteiger partial charge in [0.2, 0.25) is 5.91 Å². The molecule has 1 N–H and O–H groups in total. The Hall–Kier alpha value is -2.87. The topological polar surface area (TPSA) is 77.6 Å². The number of pyridine rings is 1. The third-order valence-electron chi connectivity index (χ3n) is 4.52. The fourth-order valence-corrected chi connectivity index (χ4v) is 3.75. The molecule has 0 atom stereocenters. The lowest BCUT2D eigenvalue weighted by atomic mass is 10.3. The van der Waals surface area contributed by atoms with Crippen LogP contribution in [0.3, 0.4) is 0 Å². The van der Waals surface area contributed by atoms with Gasteiger partial charge in [0.05, 0.1) is 34.9 Å². The molecule has 0 aliphatic rings. The van der Waals surface area contributed by atoms with Crippen LogP contribution < -0.4 is 5.32 Å². The molecule has 0 unspecified atom stereocenters. The van der Waals surface area contributed by atoms with Gasteiger partial charge in [-0.1, -0.05) is 12.1 Å². The molecule has 8 heteroatoms. The highest BCUT2D eigenvalue weighted by Gasteiger charge is 2.14. The zero-order valence-electron chi connectivity index (χ0n) is 16.1. The third kappa shape index (κ3) is 3.47.